The minimum absolute atomic E-state index is 0.0812. The maximum atomic E-state index is 13.3. The number of ether oxygens (including phenoxy) is 2. The van der Waals surface area contributed by atoms with Gasteiger partial charge in [-0.2, -0.15) is 0 Å². The first kappa shape index (κ1) is 28.2. The third-order valence-corrected chi connectivity index (χ3v) is 8.96. The van der Waals surface area contributed by atoms with Crippen LogP contribution >= 0.6 is 0 Å². The van der Waals surface area contributed by atoms with Gasteiger partial charge in [0.25, 0.3) is 0 Å². The quantitative estimate of drug-likeness (QED) is 0.332. The lowest BCUT2D eigenvalue weighted by Crippen LogP contribution is -2.69. The number of hydrogen-bond acceptors (Lipinski definition) is 6. The number of aromatic nitrogens is 1. The van der Waals surface area contributed by atoms with Crippen molar-refractivity contribution < 1.29 is 19.4 Å². The molecule has 0 saturated carbocycles. The van der Waals surface area contributed by atoms with Crippen molar-refractivity contribution in [1.29, 1.82) is 0 Å². The van der Waals surface area contributed by atoms with E-state index in [1.54, 1.807) is 11.1 Å². The summed E-state index contributed by atoms with van der Waals surface area (Å²) >= 11 is 0. The highest BCUT2D eigenvalue weighted by Crippen LogP contribution is 2.50. The number of pyridine rings is 1. The van der Waals surface area contributed by atoms with Crippen molar-refractivity contribution in [1.82, 2.24) is 9.58 Å². The van der Waals surface area contributed by atoms with Gasteiger partial charge in [0.05, 0.1) is 5.41 Å². The van der Waals surface area contributed by atoms with Gasteiger partial charge in [0.1, 0.15) is 24.0 Å². The van der Waals surface area contributed by atoms with E-state index in [1.807, 2.05) is 55.8 Å². The Morgan fingerprint density at radius 1 is 0.886 bits per heavy atom. The molecule has 1 atom stereocenters. The van der Waals surface area contributed by atoms with Crippen LogP contribution in [0.2, 0.25) is 0 Å². The predicted molar refractivity (Wildman–Crippen MR) is 168 cm³/mol. The van der Waals surface area contributed by atoms with Gasteiger partial charge in [-0.05, 0) is 48.6 Å². The molecule has 0 bridgehead atoms. The maximum absolute atomic E-state index is 13.3. The largest absolute Gasteiger partial charge is 0.483 e. The van der Waals surface area contributed by atoms with E-state index < -0.39 is 23.2 Å². The molecule has 8 heteroatoms. The highest BCUT2D eigenvalue weighted by molar-refractivity contribution is 5.79. The third-order valence-electron chi connectivity index (χ3n) is 8.96. The van der Waals surface area contributed by atoms with Crippen LogP contribution < -0.4 is 15.2 Å². The fourth-order valence-corrected chi connectivity index (χ4v) is 6.97. The lowest BCUT2D eigenvalue weighted by Gasteiger charge is -2.57. The summed E-state index contributed by atoms with van der Waals surface area (Å²) in [6.45, 7) is 7.43. The SMILES string of the molecule is CC(C)(C)OC(=O)N1CC2(C1)CN(CC1c3ccccc3-c3ccccc31)n1ccc(=O)c(OCc3ccccc3)c1C2O. The second-order valence-electron chi connectivity index (χ2n) is 13.2. The molecule has 2 aliphatic heterocycles. The van der Waals surface area contributed by atoms with E-state index >= 15 is 0 Å². The van der Waals surface area contributed by atoms with Gasteiger partial charge in [-0.15, -0.1) is 0 Å². The van der Waals surface area contributed by atoms with Crippen LogP contribution in [0.3, 0.4) is 0 Å². The summed E-state index contributed by atoms with van der Waals surface area (Å²) in [5.41, 5.74) is 4.68. The molecule has 8 nitrogen and oxygen atoms in total. The average molecular weight is 592 g/mol. The van der Waals surface area contributed by atoms with E-state index in [0.717, 1.165) is 5.56 Å². The number of nitrogens with zero attached hydrogens (tertiary/aromatic N) is 3. The summed E-state index contributed by atoms with van der Waals surface area (Å²) in [6, 6.07) is 28.2. The number of hydrogen-bond donors (Lipinski definition) is 1. The molecule has 1 aromatic heterocycles. The lowest BCUT2D eigenvalue weighted by molar-refractivity contribution is -0.105. The Kier molecular flexibility index (Phi) is 6.77. The molecule has 3 heterocycles. The fourth-order valence-electron chi connectivity index (χ4n) is 6.97. The molecule has 1 N–H and O–H groups in total. The molecule has 1 saturated heterocycles. The van der Waals surface area contributed by atoms with Crippen molar-refractivity contribution in [2.45, 2.75) is 45.0 Å². The standard InChI is InChI=1S/C36H37N3O5/c1-35(2,3)44-34(42)37-21-36(22-37)23-38(19-29-27-15-9-7-13-25(27)26-14-8-10-16-28(26)29)39-18-17-30(40)32(31(39)33(36)41)43-20-24-11-5-4-6-12-24/h4-18,29,33,41H,19-23H2,1-3H3. The van der Waals surface area contributed by atoms with Gasteiger partial charge in [-0.3, -0.25) is 9.47 Å². The number of benzene rings is 3. The third kappa shape index (κ3) is 4.83. The Bertz CT molecular complexity index is 1730. The molecule has 3 aromatic carbocycles. The zero-order valence-electron chi connectivity index (χ0n) is 25.3. The molecule has 1 aliphatic carbocycles. The number of likely N-dealkylation sites (tertiary alicyclic amines) is 1. The average Bonchev–Trinajstić information content (AvgIpc) is 3.30. The van der Waals surface area contributed by atoms with Crippen LogP contribution in [-0.4, -0.2) is 52.6 Å². The van der Waals surface area contributed by atoms with E-state index in [-0.39, 0.29) is 23.7 Å². The normalized spacial score (nSPS) is 18.3. The Morgan fingerprint density at radius 3 is 2.14 bits per heavy atom. The van der Waals surface area contributed by atoms with Gasteiger partial charge in [0.15, 0.2) is 5.75 Å². The maximum Gasteiger partial charge on any atom is 0.410 e. The Morgan fingerprint density at radius 2 is 1.50 bits per heavy atom. The fraction of sp³-hybridized carbons (Fsp3) is 0.333. The Balaban J connectivity index is 1.27. The molecule has 1 unspecified atom stereocenters. The molecule has 1 spiro atoms. The molecule has 0 radical (unpaired) electrons. The summed E-state index contributed by atoms with van der Waals surface area (Å²) in [4.78, 5) is 27.9. The molecule has 3 aliphatic rings. The monoisotopic (exact) mass is 591 g/mol. The summed E-state index contributed by atoms with van der Waals surface area (Å²) < 4.78 is 13.7. The van der Waals surface area contributed by atoms with E-state index in [1.165, 1.54) is 28.3 Å². The van der Waals surface area contributed by atoms with E-state index in [2.05, 4.69) is 53.5 Å². The first-order chi connectivity index (χ1) is 21.1. The zero-order chi connectivity index (χ0) is 30.6. The van der Waals surface area contributed by atoms with Gasteiger partial charge < -0.3 is 24.5 Å². The van der Waals surface area contributed by atoms with Crippen molar-refractivity contribution >= 4 is 6.09 Å². The number of aliphatic hydroxyl groups excluding tert-OH is 1. The highest BCUT2D eigenvalue weighted by Gasteiger charge is 2.57. The van der Waals surface area contributed by atoms with Crippen molar-refractivity contribution in [3.63, 3.8) is 0 Å². The van der Waals surface area contributed by atoms with Gasteiger partial charge in [-0.1, -0.05) is 78.9 Å². The van der Waals surface area contributed by atoms with E-state index in [9.17, 15) is 14.7 Å². The van der Waals surface area contributed by atoms with Gasteiger partial charge in [-0.25, -0.2) is 4.79 Å². The van der Waals surface area contributed by atoms with Crippen molar-refractivity contribution in [3.05, 3.63) is 124 Å². The Hall–Kier alpha value is -4.56. The molecule has 7 rings (SSSR count). The van der Waals surface area contributed by atoms with Gasteiger partial charge in [0, 0.05) is 44.4 Å². The molecular formula is C36H37N3O5. The lowest BCUT2D eigenvalue weighted by atomic mass is 9.72. The number of aliphatic hydroxyl groups is 1. The molecule has 226 valence electrons. The number of fused-ring (bicyclic) bond motifs is 4. The molecular weight excluding hydrogens is 554 g/mol. The number of amides is 1. The summed E-state index contributed by atoms with van der Waals surface area (Å²) in [5.74, 6) is 0.216. The number of carbonyl (C=O) groups excluding carboxylic acids is 1. The van der Waals surface area contributed by atoms with Crippen LogP contribution in [0.4, 0.5) is 4.79 Å². The molecule has 1 fully saturated rings. The van der Waals surface area contributed by atoms with E-state index in [0.29, 0.717) is 31.9 Å². The molecule has 1 amide bonds. The number of rotatable bonds is 5. The highest BCUT2D eigenvalue weighted by atomic mass is 16.6. The van der Waals surface area contributed by atoms with Gasteiger partial charge in [0.2, 0.25) is 5.43 Å². The van der Waals surface area contributed by atoms with Crippen molar-refractivity contribution in [2.75, 3.05) is 31.2 Å². The van der Waals surface area contributed by atoms with Crippen LogP contribution in [0.25, 0.3) is 11.1 Å². The Labute approximate surface area is 257 Å². The molecule has 44 heavy (non-hydrogen) atoms. The topological polar surface area (TPSA) is 84.2 Å². The minimum atomic E-state index is -1.03. The van der Waals surface area contributed by atoms with E-state index in [4.69, 9.17) is 9.47 Å². The summed E-state index contributed by atoms with van der Waals surface area (Å²) in [5, 5.41) is 14.2. The zero-order valence-corrected chi connectivity index (χ0v) is 25.3. The van der Waals surface area contributed by atoms with Crippen LogP contribution in [0.1, 0.15) is 55.2 Å². The smallest absolute Gasteiger partial charge is 0.410 e. The van der Waals surface area contributed by atoms with Crippen molar-refractivity contribution in [3.8, 4) is 16.9 Å². The molecule has 4 aromatic rings. The van der Waals surface area contributed by atoms with Crippen LogP contribution in [0.15, 0.2) is 95.9 Å². The summed E-state index contributed by atoms with van der Waals surface area (Å²) in [6.07, 6.45) is 0.303. The number of carbonyl (C=O) groups is 1. The minimum Gasteiger partial charge on any atom is -0.483 e. The second kappa shape index (κ2) is 10.6. The second-order valence-corrected chi connectivity index (χ2v) is 13.2. The van der Waals surface area contributed by atoms with Crippen LogP contribution in [0.5, 0.6) is 5.75 Å². The van der Waals surface area contributed by atoms with Gasteiger partial charge >= 0.3 is 6.09 Å². The van der Waals surface area contributed by atoms with Crippen LogP contribution in [-0.2, 0) is 11.3 Å². The first-order valence-corrected chi connectivity index (χ1v) is 15.2. The first-order valence-electron chi connectivity index (χ1n) is 15.2. The van der Waals surface area contributed by atoms with Crippen molar-refractivity contribution in [2.24, 2.45) is 5.41 Å². The predicted octanol–water partition coefficient (Wildman–Crippen LogP) is 5.46. The van der Waals surface area contributed by atoms with Crippen LogP contribution in [0, 0.1) is 5.41 Å². The summed E-state index contributed by atoms with van der Waals surface area (Å²) in [7, 11) is 0.